The summed E-state index contributed by atoms with van der Waals surface area (Å²) in [6.45, 7) is 8.80. The highest BCUT2D eigenvalue weighted by molar-refractivity contribution is 5.30. The van der Waals surface area contributed by atoms with E-state index in [0.717, 1.165) is 35.4 Å². The lowest BCUT2D eigenvalue weighted by molar-refractivity contribution is 0.619. The van der Waals surface area contributed by atoms with Gasteiger partial charge in [-0.15, -0.1) is 0 Å². The molecule has 4 heteroatoms. The van der Waals surface area contributed by atoms with E-state index in [0.29, 0.717) is 6.54 Å². The SMILES string of the molecule is CCC(N)Cc1c(C)nn(Cc2ccc(F)cc2C)c1C. The normalized spacial score (nSPS) is 12.7. The molecule has 0 aliphatic rings. The van der Waals surface area contributed by atoms with Crippen LogP contribution in [0.5, 0.6) is 0 Å². The predicted molar refractivity (Wildman–Crippen MR) is 83.9 cm³/mol. The quantitative estimate of drug-likeness (QED) is 0.918. The van der Waals surface area contributed by atoms with Crippen molar-refractivity contribution in [2.24, 2.45) is 5.73 Å². The van der Waals surface area contributed by atoms with Crippen molar-refractivity contribution in [2.75, 3.05) is 0 Å². The molecule has 0 radical (unpaired) electrons. The smallest absolute Gasteiger partial charge is 0.123 e. The van der Waals surface area contributed by atoms with E-state index in [1.807, 2.05) is 24.6 Å². The van der Waals surface area contributed by atoms with E-state index in [2.05, 4.69) is 18.9 Å². The molecule has 1 unspecified atom stereocenters. The minimum Gasteiger partial charge on any atom is -0.327 e. The van der Waals surface area contributed by atoms with E-state index in [9.17, 15) is 4.39 Å². The third kappa shape index (κ3) is 3.50. The monoisotopic (exact) mass is 289 g/mol. The molecule has 0 amide bonds. The molecule has 0 saturated heterocycles. The van der Waals surface area contributed by atoms with E-state index < -0.39 is 0 Å². The van der Waals surface area contributed by atoms with Gasteiger partial charge in [0.15, 0.2) is 0 Å². The van der Waals surface area contributed by atoms with E-state index >= 15 is 0 Å². The molecule has 0 aliphatic heterocycles. The van der Waals surface area contributed by atoms with Crippen LogP contribution in [0.3, 0.4) is 0 Å². The minimum atomic E-state index is -0.195. The number of nitrogens with two attached hydrogens (primary N) is 1. The van der Waals surface area contributed by atoms with Crippen LogP contribution in [0, 0.1) is 26.6 Å². The van der Waals surface area contributed by atoms with Crippen LogP contribution in [-0.4, -0.2) is 15.8 Å². The second-order valence-electron chi connectivity index (χ2n) is 5.75. The third-order valence-corrected chi connectivity index (χ3v) is 4.15. The summed E-state index contributed by atoms with van der Waals surface area (Å²) in [5.41, 5.74) is 11.5. The highest BCUT2D eigenvalue weighted by Crippen LogP contribution is 2.18. The largest absolute Gasteiger partial charge is 0.327 e. The topological polar surface area (TPSA) is 43.8 Å². The third-order valence-electron chi connectivity index (χ3n) is 4.15. The molecule has 0 fully saturated rings. The second-order valence-corrected chi connectivity index (χ2v) is 5.75. The van der Waals surface area contributed by atoms with E-state index in [-0.39, 0.29) is 11.9 Å². The van der Waals surface area contributed by atoms with Crippen LogP contribution in [0.25, 0.3) is 0 Å². The van der Waals surface area contributed by atoms with Crippen LogP contribution in [0.1, 0.15) is 41.4 Å². The Bertz CT molecular complexity index is 631. The van der Waals surface area contributed by atoms with Crippen molar-refractivity contribution in [3.05, 3.63) is 52.1 Å². The standard InChI is InChI=1S/C17H24FN3/c1-5-16(19)9-17-12(3)20-21(13(17)4)10-14-6-7-15(18)8-11(14)2/h6-8,16H,5,9-10,19H2,1-4H3. The number of aromatic nitrogens is 2. The molecule has 3 nitrogen and oxygen atoms in total. The molecule has 0 aliphatic carbocycles. The molecular weight excluding hydrogens is 265 g/mol. The molecule has 2 rings (SSSR count). The summed E-state index contributed by atoms with van der Waals surface area (Å²) < 4.78 is 15.2. The van der Waals surface area contributed by atoms with E-state index in [1.54, 1.807) is 6.07 Å². The number of hydrogen-bond donors (Lipinski definition) is 1. The zero-order chi connectivity index (χ0) is 15.6. The van der Waals surface area contributed by atoms with Crippen LogP contribution in [0.15, 0.2) is 18.2 Å². The molecular formula is C17H24FN3. The minimum absolute atomic E-state index is 0.174. The molecule has 0 bridgehead atoms. The molecule has 2 N–H and O–H groups in total. The van der Waals surface area contributed by atoms with Gasteiger partial charge in [-0.25, -0.2) is 4.39 Å². The van der Waals surface area contributed by atoms with Crippen molar-refractivity contribution in [2.45, 2.75) is 53.1 Å². The number of rotatable bonds is 5. The number of halogens is 1. The average molecular weight is 289 g/mol. The first-order valence-corrected chi connectivity index (χ1v) is 7.45. The molecule has 2 aromatic rings. The van der Waals surface area contributed by atoms with Crippen molar-refractivity contribution in [3.8, 4) is 0 Å². The Labute approximate surface area is 126 Å². The maximum atomic E-state index is 13.2. The van der Waals surface area contributed by atoms with Gasteiger partial charge in [0, 0.05) is 11.7 Å². The van der Waals surface area contributed by atoms with Gasteiger partial charge in [0.25, 0.3) is 0 Å². The maximum Gasteiger partial charge on any atom is 0.123 e. The van der Waals surface area contributed by atoms with E-state index in [1.165, 1.54) is 11.6 Å². The first-order valence-electron chi connectivity index (χ1n) is 7.45. The Morgan fingerprint density at radius 3 is 2.62 bits per heavy atom. The van der Waals surface area contributed by atoms with Crippen molar-refractivity contribution in [1.82, 2.24) is 9.78 Å². The van der Waals surface area contributed by atoms with Gasteiger partial charge in [-0.05, 0) is 62.4 Å². The summed E-state index contributed by atoms with van der Waals surface area (Å²) in [5, 5.41) is 4.62. The van der Waals surface area contributed by atoms with Crippen molar-refractivity contribution >= 4 is 0 Å². The lowest BCUT2D eigenvalue weighted by atomic mass is 10.0. The molecule has 1 heterocycles. The van der Waals surface area contributed by atoms with Gasteiger partial charge < -0.3 is 5.73 Å². The second kappa shape index (κ2) is 6.39. The van der Waals surface area contributed by atoms with Crippen LogP contribution in [0.4, 0.5) is 4.39 Å². The molecule has 1 atom stereocenters. The number of nitrogens with zero attached hydrogens (tertiary/aromatic N) is 2. The highest BCUT2D eigenvalue weighted by atomic mass is 19.1. The van der Waals surface area contributed by atoms with Gasteiger partial charge in [-0.2, -0.15) is 5.10 Å². The molecule has 0 spiro atoms. The molecule has 1 aromatic heterocycles. The summed E-state index contributed by atoms with van der Waals surface area (Å²) in [6, 6.07) is 5.07. The lowest BCUT2D eigenvalue weighted by Crippen LogP contribution is -2.22. The van der Waals surface area contributed by atoms with Gasteiger partial charge in [0.1, 0.15) is 5.82 Å². The fourth-order valence-corrected chi connectivity index (χ4v) is 2.59. The average Bonchev–Trinajstić information content (AvgIpc) is 2.69. The Balaban J connectivity index is 2.27. The first kappa shape index (κ1) is 15.7. The van der Waals surface area contributed by atoms with Crippen molar-refractivity contribution < 1.29 is 4.39 Å². The molecule has 114 valence electrons. The zero-order valence-electron chi connectivity index (χ0n) is 13.3. The van der Waals surface area contributed by atoms with Gasteiger partial charge >= 0.3 is 0 Å². The summed E-state index contributed by atoms with van der Waals surface area (Å²) in [6.07, 6.45) is 1.82. The Morgan fingerprint density at radius 2 is 2.00 bits per heavy atom. The summed E-state index contributed by atoms with van der Waals surface area (Å²) in [4.78, 5) is 0. The Hall–Kier alpha value is -1.68. The lowest BCUT2D eigenvalue weighted by Gasteiger charge is -2.10. The van der Waals surface area contributed by atoms with Crippen LogP contribution >= 0.6 is 0 Å². The number of hydrogen-bond acceptors (Lipinski definition) is 2. The zero-order valence-corrected chi connectivity index (χ0v) is 13.3. The van der Waals surface area contributed by atoms with Gasteiger partial charge in [-0.1, -0.05) is 13.0 Å². The fourth-order valence-electron chi connectivity index (χ4n) is 2.59. The molecule has 21 heavy (non-hydrogen) atoms. The Morgan fingerprint density at radius 1 is 1.29 bits per heavy atom. The summed E-state index contributed by atoms with van der Waals surface area (Å²) in [5.74, 6) is -0.195. The van der Waals surface area contributed by atoms with Crippen LogP contribution in [0.2, 0.25) is 0 Å². The Kier molecular flexibility index (Phi) is 4.78. The first-order chi connectivity index (χ1) is 9.92. The number of aryl methyl sites for hydroxylation is 2. The molecule has 1 aromatic carbocycles. The van der Waals surface area contributed by atoms with E-state index in [4.69, 9.17) is 5.73 Å². The molecule has 0 saturated carbocycles. The van der Waals surface area contributed by atoms with Crippen molar-refractivity contribution in [1.29, 1.82) is 0 Å². The predicted octanol–water partition coefficient (Wildman–Crippen LogP) is 3.28. The van der Waals surface area contributed by atoms with Gasteiger partial charge in [0.2, 0.25) is 0 Å². The highest BCUT2D eigenvalue weighted by Gasteiger charge is 2.14. The van der Waals surface area contributed by atoms with Gasteiger partial charge in [0.05, 0.1) is 12.2 Å². The van der Waals surface area contributed by atoms with Crippen LogP contribution < -0.4 is 5.73 Å². The van der Waals surface area contributed by atoms with Crippen LogP contribution in [-0.2, 0) is 13.0 Å². The van der Waals surface area contributed by atoms with Crippen molar-refractivity contribution in [3.63, 3.8) is 0 Å². The summed E-state index contributed by atoms with van der Waals surface area (Å²) >= 11 is 0. The summed E-state index contributed by atoms with van der Waals surface area (Å²) in [7, 11) is 0. The fraction of sp³-hybridized carbons (Fsp3) is 0.471. The number of benzene rings is 1. The van der Waals surface area contributed by atoms with Gasteiger partial charge in [-0.3, -0.25) is 4.68 Å². The maximum absolute atomic E-state index is 13.2.